The molecule has 0 saturated heterocycles. The summed E-state index contributed by atoms with van der Waals surface area (Å²) in [6, 6.07) is 8.87. The minimum Gasteiger partial charge on any atom is -0.503 e. The fourth-order valence-electron chi connectivity index (χ4n) is 4.05. The maximum absolute atomic E-state index is 13.4. The maximum Gasteiger partial charge on any atom is 0.295 e. The first kappa shape index (κ1) is 24.1. The summed E-state index contributed by atoms with van der Waals surface area (Å²) < 4.78 is 22.1. The minimum absolute atomic E-state index is 0.0166. The van der Waals surface area contributed by atoms with Crippen molar-refractivity contribution < 1.29 is 33.1 Å². The number of aromatic nitrogens is 1. The number of ketones is 1. The number of carbonyl (C=O) groups excluding carboxylic acids is 2. The molecule has 3 aromatic rings. The van der Waals surface area contributed by atoms with Gasteiger partial charge in [0.1, 0.15) is 11.5 Å². The number of anilines is 1. The lowest BCUT2D eigenvalue weighted by atomic mass is 9.94. The van der Waals surface area contributed by atoms with Crippen LogP contribution in [0.4, 0.5) is 5.82 Å². The van der Waals surface area contributed by atoms with Gasteiger partial charge in [-0.05, 0) is 50.1 Å². The molecule has 1 aliphatic heterocycles. The number of hydrogen-bond acceptors (Lipinski definition) is 8. The third kappa shape index (κ3) is 4.66. The summed E-state index contributed by atoms with van der Waals surface area (Å²) >= 11 is 0. The summed E-state index contributed by atoms with van der Waals surface area (Å²) in [7, 11) is 1.52. The summed E-state index contributed by atoms with van der Waals surface area (Å²) in [5.41, 5.74) is 0.399. The van der Waals surface area contributed by atoms with Crippen LogP contribution < -0.4 is 14.4 Å². The van der Waals surface area contributed by atoms with Crippen LogP contribution in [0.25, 0.3) is 0 Å². The normalized spacial score (nSPS) is 15.7. The molecule has 184 valence electrons. The van der Waals surface area contributed by atoms with Gasteiger partial charge in [0.2, 0.25) is 5.78 Å². The van der Waals surface area contributed by atoms with Crippen LogP contribution in [0.5, 0.6) is 11.5 Å². The Bertz CT molecular complexity index is 1270. The molecule has 0 fully saturated rings. The van der Waals surface area contributed by atoms with E-state index in [9.17, 15) is 14.7 Å². The molecule has 9 heteroatoms. The monoisotopic (exact) mass is 480 g/mol. The SMILES string of the molecule is CCCCCOc1ccc([C@@H]2C(C(=O)c3ccc(C)o3)=C(O)C(=O)N2c2cc(C)on2)cc1OC. The van der Waals surface area contributed by atoms with Gasteiger partial charge < -0.3 is 23.5 Å². The second-order valence-electron chi connectivity index (χ2n) is 8.34. The smallest absolute Gasteiger partial charge is 0.295 e. The second kappa shape index (κ2) is 10.1. The lowest BCUT2D eigenvalue weighted by molar-refractivity contribution is -0.117. The van der Waals surface area contributed by atoms with Gasteiger partial charge in [-0.3, -0.25) is 14.5 Å². The minimum atomic E-state index is -0.993. The second-order valence-corrected chi connectivity index (χ2v) is 8.34. The van der Waals surface area contributed by atoms with Crippen molar-refractivity contribution >= 4 is 17.5 Å². The molecule has 1 amide bonds. The molecular weight excluding hydrogens is 452 g/mol. The molecule has 1 atom stereocenters. The van der Waals surface area contributed by atoms with Crippen molar-refractivity contribution in [2.45, 2.75) is 46.1 Å². The fourth-order valence-corrected chi connectivity index (χ4v) is 4.05. The van der Waals surface area contributed by atoms with Crippen molar-refractivity contribution in [1.29, 1.82) is 0 Å². The number of aryl methyl sites for hydroxylation is 2. The summed E-state index contributed by atoms with van der Waals surface area (Å²) in [6.45, 7) is 6.05. The van der Waals surface area contributed by atoms with Crippen molar-refractivity contribution in [2.24, 2.45) is 0 Å². The molecule has 1 aromatic carbocycles. The van der Waals surface area contributed by atoms with E-state index >= 15 is 0 Å². The summed E-state index contributed by atoms with van der Waals surface area (Å²) in [5.74, 6) is 0.130. The van der Waals surface area contributed by atoms with Crippen LogP contribution in [-0.4, -0.2) is 35.7 Å². The number of ether oxygens (including phenoxy) is 2. The van der Waals surface area contributed by atoms with E-state index in [-0.39, 0.29) is 17.2 Å². The van der Waals surface area contributed by atoms with E-state index in [0.29, 0.717) is 35.2 Å². The Morgan fingerprint density at radius 1 is 1.11 bits per heavy atom. The van der Waals surface area contributed by atoms with Gasteiger partial charge in [-0.1, -0.05) is 31.0 Å². The third-order valence-electron chi connectivity index (χ3n) is 5.79. The average Bonchev–Trinajstić information content (AvgIpc) is 3.54. The lowest BCUT2D eigenvalue weighted by Gasteiger charge is -2.25. The lowest BCUT2D eigenvalue weighted by Crippen LogP contribution is -2.31. The van der Waals surface area contributed by atoms with Gasteiger partial charge in [0.05, 0.1) is 25.3 Å². The van der Waals surface area contributed by atoms with E-state index in [1.54, 1.807) is 44.2 Å². The molecule has 0 saturated carbocycles. The molecule has 2 aromatic heterocycles. The number of amides is 1. The molecule has 35 heavy (non-hydrogen) atoms. The zero-order valence-corrected chi connectivity index (χ0v) is 20.2. The Morgan fingerprint density at radius 2 is 1.91 bits per heavy atom. The number of benzene rings is 1. The summed E-state index contributed by atoms with van der Waals surface area (Å²) in [4.78, 5) is 27.8. The molecule has 1 N–H and O–H groups in total. The van der Waals surface area contributed by atoms with Crippen molar-refractivity contribution in [3.05, 3.63) is 70.6 Å². The Hall–Kier alpha value is -4.01. The van der Waals surface area contributed by atoms with Gasteiger partial charge in [-0.25, -0.2) is 0 Å². The maximum atomic E-state index is 13.4. The quantitative estimate of drug-likeness (QED) is 0.309. The highest BCUT2D eigenvalue weighted by atomic mass is 16.5. The first-order valence-electron chi connectivity index (χ1n) is 11.5. The van der Waals surface area contributed by atoms with Gasteiger partial charge in [0, 0.05) is 6.07 Å². The van der Waals surface area contributed by atoms with E-state index in [1.807, 2.05) is 0 Å². The number of carbonyl (C=O) groups is 2. The van der Waals surface area contributed by atoms with Crippen LogP contribution >= 0.6 is 0 Å². The topological polar surface area (TPSA) is 115 Å². The standard InChI is InChI=1S/C26H28N2O7/c1-5-6-7-12-33-18-11-9-17(14-20(18)32-4)23-22(24(29)19-10-8-15(2)34-19)25(30)26(31)28(23)21-13-16(3)35-27-21/h8-11,13-14,23,30H,5-7,12H2,1-4H3/t23-/m1/s1. The number of aliphatic hydroxyl groups is 1. The number of hydrogen-bond donors (Lipinski definition) is 1. The van der Waals surface area contributed by atoms with E-state index < -0.39 is 23.5 Å². The molecule has 0 aliphatic carbocycles. The van der Waals surface area contributed by atoms with E-state index in [0.717, 1.165) is 19.3 Å². The van der Waals surface area contributed by atoms with Gasteiger partial charge >= 0.3 is 0 Å². The zero-order valence-electron chi connectivity index (χ0n) is 20.2. The highest BCUT2D eigenvalue weighted by molar-refractivity contribution is 6.20. The van der Waals surface area contributed by atoms with Crippen LogP contribution in [0, 0.1) is 13.8 Å². The van der Waals surface area contributed by atoms with E-state index in [1.165, 1.54) is 18.1 Å². The molecular formula is C26H28N2O7. The molecule has 0 bridgehead atoms. The van der Waals surface area contributed by atoms with Gasteiger partial charge in [-0.2, -0.15) is 0 Å². The Labute approximate surface area is 202 Å². The number of nitrogens with zero attached hydrogens (tertiary/aromatic N) is 2. The number of Topliss-reactive ketones (excluding diaryl/α,β-unsaturated/α-hetero) is 1. The zero-order chi connectivity index (χ0) is 25.1. The van der Waals surface area contributed by atoms with Crippen LogP contribution in [0.2, 0.25) is 0 Å². The molecule has 0 radical (unpaired) electrons. The van der Waals surface area contributed by atoms with Gasteiger partial charge in [-0.15, -0.1) is 0 Å². The Morgan fingerprint density at radius 3 is 2.54 bits per heavy atom. The van der Waals surface area contributed by atoms with Gasteiger partial charge in [0.15, 0.2) is 28.8 Å². The van der Waals surface area contributed by atoms with Crippen molar-refractivity contribution in [2.75, 3.05) is 18.6 Å². The van der Waals surface area contributed by atoms with Crippen molar-refractivity contribution in [1.82, 2.24) is 5.16 Å². The number of rotatable bonds is 10. The van der Waals surface area contributed by atoms with Crippen LogP contribution in [-0.2, 0) is 4.79 Å². The highest BCUT2D eigenvalue weighted by Gasteiger charge is 2.46. The first-order chi connectivity index (χ1) is 16.8. The molecule has 1 aliphatic rings. The third-order valence-corrected chi connectivity index (χ3v) is 5.79. The predicted octanol–water partition coefficient (Wildman–Crippen LogP) is 5.24. The van der Waals surface area contributed by atoms with Crippen LogP contribution in [0.3, 0.4) is 0 Å². The number of unbranched alkanes of at least 4 members (excludes halogenated alkanes) is 2. The van der Waals surface area contributed by atoms with E-state index in [2.05, 4.69) is 12.1 Å². The Balaban J connectivity index is 1.78. The fraction of sp³-hybridized carbons (Fsp3) is 0.346. The summed E-state index contributed by atoms with van der Waals surface area (Å²) in [6.07, 6.45) is 3.04. The molecule has 0 spiro atoms. The molecule has 3 heterocycles. The number of methoxy groups -OCH3 is 1. The average molecular weight is 481 g/mol. The van der Waals surface area contributed by atoms with Crippen LogP contribution in [0.1, 0.15) is 59.9 Å². The van der Waals surface area contributed by atoms with Gasteiger partial charge in [0.25, 0.3) is 5.91 Å². The van der Waals surface area contributed by atoms with E-state index in [4.69, 9.17) is 18.4 Å². The van der Waals surface area contributed by atoms with Crippen molar-refractivity contribution in [3.63, 3.8) is 0 Å². The predicted molar refractivity (Wildman–Crippen MR) is 127 cm³/mol. The first-order valence-corrected chi connectivity index (χ1v) is 11.5. The molecule has 4 rings (SSSR count). The largest absolute Gasteiger partial charge is 0.503 e. The van der Waals surface area contributed by atoms with Crippen molar-refractivity contribution in [3.8, 4) is 11.5 Å². The number of aliphatic hydroxyl groups excluding tert-OH is 1. The molecule has 9 nitrogen and oxygen atoms in total. The highest BCUT2D eigenvalue weighted by Crippen LogP contribution is 2.43. The Kier molecular flexibility index (Phi) is 6.95. The number of furan rings is 1. The molecule has 0 unspecified atom stereocenters. The van der Waals surface area contributed by atoms with Crippen LogP contribution in [0.15, 0.2) is 56.7 Å². The summed E-state index contributed by atoms with van der Waals surface area (Å²) in [5, 5.41) is 14.8.